The molecule has 0 aromatic heterocycles. The van der Waals surface area contributed by atoms with Gasteiger partial charge in [0.05, 0.1) is 18.2 Å². The van der Waals surface area contributed by atoms with Crippen molar-refractivity contribution in [3.8, 4) is 11.8 Å². The zero-order valence-corrected chi connectivity index (χ0v) is 12.0. The quantitative estimate of drug-likeness (QED) is 0.679. The highest BCUT2D eigenvalue weighted by atomic mass is 16.5. The summed E-state index contributed by atoms with van der Waals surface area (Å²) in [5.41, 5.74) is 0.565. The standard InChI is InChI=1S/C15H20N2O3/c1-3-17(9-10-19-4-2)15(18)12-20-14-7-5-13(11-16)6-8-14/h5-8H,3-4,9-10,12H2,1-2H3. The maximum absolute atomic E-state index is 12.0. The zero-order valence-electron chi connectivity index (χ0n) is 12.0. The van der Waals surface area contributed by atoms with E-state index in [9.17, 15) is 4.79 Å². The molecule has 20 heavy (non-hydrogen) atoms. The van der Waals surface area contributed by atoms with Crippen molar-refractivity contribution in [1.82, 2.24) is 4.90 Å². The van der Waals surface area contributed by atoms with Crippen molar-refractivity contribution in [1.29, 1.82) is 5.26 Å². The van der Waals surface area contributed by atoms with Crippen LogP contribution >= 0.6 is 0 Å². The summed E-state index contributed by atoms with van der Waals surface area (Å²) in [6.07, 6.45) is 0. The number of nitrogens with zero attached hydrogens (tertiary/aromatic N) is 2. The third-order valence-electron chi connectivity index (χ3n) is 2.79. The van der Waals surface area contributed by atoms with Gasteiger partial charge in [0.25, 0.3) is 5.91 Å². The summed E-state index contributed by atoms with van der Waals surface area (Å²) >= 11 is 0. The molecule has 0 aliphatic carbocycles. The first-order valence-corrected chi connectivity index (χ1v) is 6.69. The molecule has 0 spiro atoms. The van der Waals surface area contributed by atoms with Gasteiger partial charge in [-0.3, -0.25) is 4.79 Å². The molecule has 1 rings (SSSR count). The Kier molecular flexibility index (Phi) is 7.15. The van der Waals surface area contributed by atoms with Gasteiger partial charge < -0.3 is 14.4 Å². The Hall–Kier alpha value is -2.06. The summed E-state index contributed by atoms with van der Waals surface area (Å²) in [7, 11) is 0. The molecule has 0 unspecified atom stereocenters. The largest absolute Gasteiger partial charge is 0.484 e. The normalized spacial score (nSPS) is 9.85. The number of carbonyl (C=O) groups is 1. The number of benzene rings is 1. The number of carbonyl (C=O) groups excluding carboxylic acids is 1. The molecule has 1 amide bonds. The summed E-state index contributed by atoms with van der Waals surface area (Å²) < 4.78 is 10.7. The van der Waals surface area contributed by atoms with Crippen LogP contribution in [0.25, 0.3) is 0 Å². The summed E-state index contributed by atoms with van der Waals surface area (Å²) in [4.78, 5) is 13.7. The van der Waals surface area contributed by atoms with Gasteiger partial charge in [-0.1, -0.05) is 0 Å². The Balaban J connectivity index is 2.41. The summed E-state index contributed by atoms with van der Waals surface area (Å²) in [6.45, 7) is 6.21. The number of likely N-dealkylation sites (N-methyl/N-ethyl adjacent to an activating group) is 1. The topological polar surface area (TPSA) is 62.6 Å². The zero-order chi connectivity index (χ0) is 14.8. The highest BCUT2D eigenvalue weighted by Crippen LogP contribution is 2.11. The second-order valence-corrected chi connectivity index (χ2v) is 4.10. The maximum Gasteiger partial charge on any atom is 0.260 e. The molecule has 0 bridgehead atoms. The van der Waals surface area contributed by atoms with Crippen molar-refractivity contribution in [3.63, 3.8) is 0 Å². The number of amides is 1. The van der Waals surface area contributed by atoms with Gasteiger partial charge in [0.1, 0.15) is 5.75 Å². The molecule has 0 saturated heterocycles. The molecule has 0 atom stereocenters. The average Bonchev–Trinajstić information content (AvgIpc) is 2.50. The average molecular weight is 276 g/mol. The van der Waals surface area contributed by atoms with Crippen molar-refractivity contribution in [2.45, 2.75) is 13.8 Å². The third-order valence-corrected chi connectivity index (χ3v) is 2.79. The minimum Gasteiger partial charge on any atom is -0.484 e. The van der Waals surface area contributed by atoms with Crippen LogP contribution in [-0.2, 0) is 9.53 Å². The number of rotatable bonds is 8. The van der Waals surface area contributed by atoms with E-state index >= 15 is 0 Å². The highest BCUT2D eigenvalue weighted by Gasteiger charge is 2.12. The lowest BCUT2D eigenvalue weighted by Gasteiger charge is -2.20. The van der Waals surface area contributed by atoms with Crippen LogP contribution in [0.15, 0.2) is 24.3 Å². The first-order chi connectivity index (χ1) is 9.71. The molecule has 0 fully saturated rings. The van der Waals surface area contributed by atoms with Crippen molar-refractivity contribution in [2.75, 3.05) is 32.9 Å². The molecule has 0 radical (unpaired) electrons. The second-order valence-electron chi connectivity index (χ2n) is 4.10. The van der Waals surface area contributed by atoms with Crippen molar-refractivity contribution in [3.05, 3.63) is 29.8 Å². The lowest BCUT2D eigenvalue weighted by Crippen LogP contribution is -2.37. The molecule has 108 valence electrons. The Morgan fingerprint density at radius 2 is 2.00 bits per heavy atom. The number of hydrogen-bond donors (Lipinski definition) is 0. The molecule has 0 N–H and O–H groups in total. The predicted molar refractivity (Wildman–Crippen MR) is 75.4 cm³/mol. The van der Waals surface area contributed by atoms with E-state index in [1.165, 1.54) is 0 Å². The predicted octanol–water partition coefficient (Wildman–Crippen LogP) is 1.82. The van der Waals surface area contributed by atoms with Gasteiger partial charge in [-0.15, -0.1) is 0 Å². The van der Waals surface area contributed by atoms with Crippen molar-refractivity contribution < 1.29 is 14.3 Å². The molecule has 0 saturated carbocycles. The van der Waals surface area contributed by atoms with Crippen LogP contribution in [0.2, 0.25) is 0 Å². The van der Waals surface area contributed by atoms with E-state index in [2.05, 4.69) is 0 Å². The Morgan fingerprint density at radius 3 is 2.55 bits per heavy atom. The van der Waals surface area contributed by atoms with E-state index in [-0.39, 0.29) is 12.5 Å². The summed E-state index contributed by atoms with van der Waals surface area (Å²) in [5, 5.41) is 8.69. The first kappa shape index (κ1) is 16.0. The van der Waals surface area contributed by atoms with Crippen LogP contribution in [0, 0.1) is 11.3 Å². The van der Waals surface area contributed by atoms with Crippen LogP contribution in [0.3, 0.4) is 0 Å². The molecule has 1 aromatic rings. The molecule has 5 nitrogen and oxygen atoms in total. The molecule has 0 aliphatic rings. The fraction of sp³-hybridized carbons (Fsp3) is 0.467. The molecule has 5 heteroatoms. The smallest absolute Gasteiger partial charge is 0.260 e. The van der Waals surface area contributed by atoms with Gasteiger partial charge in [0.2, 0.25) is 0 Å². The fourth-order valence-electron chi connectivity index (χ4n) is 1.64. The summed E-state index contributed by atoms with van der Waals surface area (Å²) in [5.74, 6) is 0.509. The number of nitriles is 1. The van der Waals surface area contributed by atoms with Gasteiger partial charge in [-0.05, 0) is 38.1 Å². The monoisotopic (exact) mass is 276 g/mol. The number of hydrogen-bond acceptors (Lipinski definition) is 4. The van der Waals surface area contributed by atoms with E-state index in [1.807, 2.05) is 19.9 Å². The van der Waals surface area contributed by atoms with E-state index in [0.29, 0.717) is 37.6 Å². The van der Waals surface area contributed by atoms with Crippen LogP contribution in [-0.4, -0.2) is 43.7 Å². The maximum atomic E-state index is 12.0. The first-order valence-electron chi connectivity index (χ1n) is 6.69. The van der Waals surface area contributed by atoms with Crippen LogP contribution in [0.5, 0.6) is 5.75 Å². The lowest BCUT2D eigenvalue weighted by atomic mass is 10.2. The summed E-state index contributed by atoms with van der Waals surface area (Å²) in [6, 6.07) is 8.71. The number of ether oxygens (including phenoxy) is 2. The molecular weight excluding hydrogens is 256 g/mol. The highest BCUT2D eigenvalue weighted by molar-refractivity contribution is 5.77. The van der Waals surface area contributed by atoms with Gasteiger partial charge >= 0.3 is 0 Å². The Morgan fingerprint density at radius 1 is 1.30 bits per heavy atom. The van der Waals surface area contributed by atoms with Crippen LogP contribution in [0.1, 0.15) is 19.4 Å². The van der Waals surface area contributed by atoms with E-state index in [4.69, 9.17) is 14.7 Å². The van der Waals surface area contributed by atoms with Crippen molar-refractivity contribution >= 4 is 5.91 Å². The van der Waals surface area contributed by atoms with Crippen molar-refractivity contribution in [2.24, 2.45) is 0 Å². The third kappa shape index (κ3) is 5.29. The van der Waals surface area contributed by atoms with Gasteiger partial charge in [0, 0.05) is 19.7 Å². The Bertz CT molecular complexity index is 451. The minimum atomic E-state index is -0.0726. The molecule has 0 aliphatic heterocycles. The van der Waals surface area contributed by atoms with E-state index in [1.54, 1.807) is 29.2 Å². The Labute approximate surface area is 119 Å². The lowest BCUT2D eigenvalue weighted by molar-refractivity contribution is -0.133. The molecular formula is C15H20N2O3. The van der Waals surface area contributed by atoms with Gasteiger partial charge in [-0.2, -0.15) is 5.26 Å². The second kappa shape index (κ2) is 8.94. The molecule has 1 aromatic carbocycles. The fourth-order valence-corrected chi connectivity index (χ4v) is 1.64. The minimum absolute atomic E-state index is 0.00807. The van der Waals surface area contributed by atoms with E-state index < -0.39 is 0 Å². The SMILES string of the molecule is CCOCCN(CC)C(=O)COc1ccc(C#N)cc1. The van der Waals surface area contributed by atoms with Gasteiger partial charge in [-0.25, -0.2) is 0 Å². The van der Waals surface area contributed by atoms with E-state index in [0.717, 1.165) is 0 Å². The van der Waals surface area contributed by atoms with Crippen LogP contribution in [0.4, 0.5) is 0 Å². The molecule has 0 heterocycles. The van der Waals surface area contributed by atoms with Gasteiger partial charge in [0.15, 0.2) is 6.61 Å². The van der Waals surface area contributed by atoms with Crippen LogP contribution < -0.4 is 4.74 Å².